The Balaban J connectivity index is 2.16. The van der Waals surface area contributed by atoms with Crippen molar-refractivity contribution in [2.75, 3.05) is 11.9 Å². The van der Waals surface area contributed by atoms with Crippen LogP contribution in [0.5, 0.6) is 5.75 Å². The van der Waals surface area contributed by atoms with Crippen LogP contribution in [0.2, 0.25) is 0 Å². The van der Waals surface area contributed by atoms with Crippen LogP contribution in [0.3, 0.4) is 0 Å². The maximum atomic E-state index is 5.52. The summed E-state index contributed by atoms with van der Waals surface area (Å²) in [6.07, 6.45) is 3.52. The molecule has 0 radical (unpaired) electrons. The molecule has 3 nitrogen and oxygen atoms in total. The second-order valence-electron chi connectivity index (χ2n) is 4.62. The van der Waals surface area contributed by atoms with Crippen LogP contribution < -0.4 is 10.1 Å². The van der Waals surface area contributed by atoms with Gasteiger partial charge in [0.15, 0.2) is 5.13 Å². The van der Waals surface area contributed by atoms with E-state index in [4.69, 9.17) is 4.74 Å². The summed E-state index contributed by atoms with van der Waals surface area (Å²) in [7, 11) is 0. The van der Waals surface area contributed by atoms with Gasteiger partial charge in [-0.1, -0.05) is 31.6 Å². The number of nitrogens with zero attached hydrogens (tertiary/aromatic N) is 1. The van der Waals surface area contributed by atoms with Crippen molar-refractivity contribution in [3.63, 3.8) is 0 Å². The zero-order chi connectivity index (χ0) is 13.7. The highest BCUT2D eigenvalue weighted by atomic mass is 32.1. The molecule has 19 heavy (non-hydrogen) atoms. The number of aromatic nitrogens is 1. The molecule has 0 amide bonds. The van der Waals surface area contributed by atoms with Gasteiger partial charge in [0, 0.05) is 6.04 Å². The Labute approximate surface area is 119 Å². The van der Waals surface area contributed by atoms with Crippen molar-refractivity contribution in [3.8, 4) is 5.75 Å². The van der Waals surface area contributed by atoms with Crippen LogP contribution in [0.15, 0.2) is 18.2 Å². The smallest absolute Gasteiger partial charge is 0.184 e. The van der Waals surface area contributed by atoms with Crippen LogP contribution in [0.1, 0.15) is 40.0 Å². The Morgan fingerprint density at radius 2 is 2.16 bits per heavy atom. The molecule has 1 atom stereocenters. The molecule has 0 aliphatic heterocycles. The van der Waals surface area contributed by atoms with Crippen molar-refractivity contribution >= 4 is 26.7 Å². The standard InChI is InChI=1S/C15H22N2OS/c1-4-7-11(5-2)16-15-17-13-9-8-12(18-6-3)10-14(13)19-15/h8-11H,4-7H2,1-3H3,(H,16,17). The van der Waals surface area contributed by atoms with E-state index in [1.807, 2.05) is 19.1 Å². The van der Waals surface area contributed by atoms with Gasteiger partial charge in [0.1, 0.15) is 5.75 Å². The molecule has 1 heterocycles. The number of fused-ring (bicyclic) bond motifs is 1. The molecule has 4 heteroatoms. The summed E-state index contributed by atoms with van der Waals surface area (Å²) in [5.74, 6) is 0.922. The lowest BCUT2D eigenvalue weighted by Gasteiger charge is -2.14. The lowest BCUT2D eigenvalue weighted by Crippen LogP contribution is -2.17. The molecule has 0 aliphatic carbocycles. The van der Waals surface area contributed by atoms with Crippen LogP contribution in [0, 0.1) is 0 Å². The molecule has 1 aromatic heterocycles. The molecule has 1 unspecified atom stereocenters. The first-order chi connectivity index (χ1) is 9.26. The van der Waals surface area contributed by atoms with Gasteiger partial charge >= 0.3 is 0 Å². The largest absolute Gasteiger partial charge is 0.494 e. The normalized spacial score (nSPS) is 12.6. The van der Waals surface area contributed by atoms with Crippen LogP contribution in [0.25, 0.3) is 10.2 Å². The predicted octanol–water partition coefficient (Wildman–Crippen LogP) is 4.69. The number of hydrogen-bond donors (Lipinski definition) is 1. The minimum atomic E-state index is 0.525. The molecule has 0 aliphatic rings. The molecule has 104 valence electrons. The fourth-order valence-electron chi connectivity index (χ4n) is 2.12. The average molecular weight is 278 g/mol. The maximum absolute atomic E-state index is 5.52. The number of anilines is 1. The highest BCUT2D eigenvalue weighted by molar-refractivity contribution is 7.22. The van der Waals surface area contributed by atoms with Crippen molar-refractivity contribution in [1.82, 2.24) is 4.98 Å². The Bertz CT molecular complexity index is 524. The minimum absolute atomic E-state index is 0.525. The molecule has 0 fully saturated rings. The number of nitrogens with one attached hydrogen (secondary N) is 1. The fraction of sp³-hybridized carbons (Fsp3) is 0.533. The summed E-state index contributed by atoms with van der Waals surface area (Å²) in [5.41, 5.74) is 1.04. The van der Waals surface area contributed by atoms with Gasteiger partial charge < -0.3 is 10.1 Å². The first kappa shape index (κ1) is 14.1. The van der Waals surface area contributed by atoms with Gasteiger partial charge in [-0.05, 0) is 38.0 Å². The van der Waals surface area contributed by atoms with E-state index >= 15 is 0 Å². The number of hydrogen-bond acceptors (Lipinski definition) is 4. The van der Waals surface area contributed by atoms with Gasteiger partial charge in [-0.3, -0.25) is 0 Å². The van der Waals surface area contributed by atoms with Gasteiger partial charge in [-0.25, -0.2) is 4.98 Å². The number of benzene rings is 1. The zero-order valence-corrected chi connectivity index (χ0v) is 12.7. The second kappa shape index (κ2) is 6.75. The quantitative estimate of drug-likeness (QED) is 0.798. The number of ether oxygens (including phenoxy) is 1. The highest BCUT2D eigenvalue weighted by Gasteiger charge is 2.09. The third-order valence-electron chi connectivity index (χ3n) is 3.13. The number of thiazole rings is 1. The van der Waals surface area contributed by atoms with E-state index < -0.39 is 0 Å². The molecule has 0 spiro atoms. The van der Waals surface area contributed by atoms with E-state index in [9.17, 15) is 0 Å². The molecule has 1 N–H and O–H groups in total. The molecule has 0 saturated heterocycles. The molecule has 0 saturated carbocycles. The minimum Gasteiger partial charge on any atom is -0.494 e. The van der Waals surface area contributed by atoms with Crippen molar-refractivity contribution in [2.24, 2.45) is 0 Å². The summed E-state index contributed by atoms with van der Waals surface area (Å²) < 4.78 is 6.70. The van der Waals surface area contributed by atoms with Gasteiger partial charge in [0.05, 0.1) is 16.8 Å². The summed E-state index contributed by atoms with van der Waals surface area (Å²) >= 11 is 1.70. The molecular weight excluding hydrogens is 256 g/mol. The highest BCUT2D eigenvalue weighted by Crippen LogP contribution is 2.30. The Morgan fingerprint density at radius 1 is 1.32 bits per heavy atom. The summed E-state index contributed by atoms with van der Waals surface area (Å²) in [4.78, 5) is 4.64. The molecular formula is C15H22N2OS. The van der Waals surface area contributed by atoms with Gasteiger partial charge in [0.2, 0.25) is 0 Å². The van der Waals surface area contributed by atoms with Crippen molar-refractivity contribution in [2.45, 2.75) is 46.1 Å². The van der Waals surface area contributed by atoms with E-state index in [1.165, 1.54) is 17.5 Å². The fourth-order valence-corrected chi connectivity index (χ4v) is 3.10. The Hall–Kier alpha value is -1.29. The molecule has 1 aromatic carbocycles. The van der Waals surface area contributed by atoms with E-state index in [0.717, 1.165) is 22.8 Å². The SMILES string of the molecule is CCCC(CC)Nc1nc2ccc(OCC)cc2s1. The average Bonchev–Trinajstić information content (AvgIpc) is 2.80. The topological polar surface area (TPSA) is 34.2 Å². The van der Waals surface area contributed by atoms with Gasteiger partial charge in [-0.15, -0.1) is 0 Å². The van der Waals surface area contributed by atoms with Crippen LogP contribution in [0.4, 0.5) is 5.13 Å². The summed E-state index contributed by atoms with van der Waals surface area (Å²) in [5, 5.41) is 4.55. The molecule has 2 aromatic rings. The van der Waals surface area contributed by atoms with E-state index in [-0.39, 0.29) is 0 Å². The third kappa shape index (κ3) is 3.60. The Kier molecular flexibility index (Phi) is 5.02. The van der Waals surface area contributed by atoms with Crippen molar-refractivity contribution in [1.29, 1.82) is 0 Å². The maximum Gasteiger partial charge on any atom is 0.184 e. The van der Waals surface area contributed by atoms with Gasteiger partial charge in [-0.2, -0.15) is 0 Å². The first-order valence-corrected chi connectivity index (χ1v) is 7.88. The van der Waals surface area contributed by atoms with Crippen molar-refractivity contribution in [3.05, 3.63) is 18.2 Å². The zero-order valence-electron chi connectivity index (χ0n) is 11.9. The lowest BCUT2D eigenvalue weighted by atomic mass is 10.1. The third-order valence-corrected chi connectivity index (χ3v) is 4.08. The Morgan fingerprint density at radius 3 is 2.84 bits per heavy atom. The number of rotatable bonds is 7. The van der Waals surface area contributed by atoms with Gasteiger partial charge in [0.25, 0.3) is 0 Å². The van der Waals surface area contributed by atoms with E-state index in [2.05, 4.69) is 30.2 Å². The monoisotopic (exact) mass is 278 g/mol. The second-order valence-corrected chi connectivity index (χ2v) is 5.65. The molecule has 0 bridgehead atoms. The van der Waals surface area contributed by atoms with E-state index in [1.54, 1.807) is 11.3 Å². The van der Waals surface area contributed by atoms with Crippen LogP contribution >= 0.6 is 11.3 Å². The van der Waals surface area contributed by atoms with Crippen LogP contribution in [-0.2, 0) is 0 Å². The molecule has 2 rings (SSSR count). The lowest BCUT2D eigenvalue weighted by molar-refractivity contribution is 0.341. The van der Waals surface area contributed by atoms with Crippen molar-refractivity contribution < 1.29 is 4.74 Å². The summed E-state index contributed by atoms with van der Waals surface area (Å²) in [6, 6.07) is 6.61. The van der Waals surface area contributed by atoms with E-state index in [0.29, 0.717) is 12.6 Å². The first-order valence-electron chi connectivity index (χ1n) is 7.06. The predicted molar refractivity (Wildman–Crippen MR) is 83.4 cm³/mol. The van der Waals surface area contributed by atoms with Crippen LogP contribution in [-0.4, -0.2) is 17.6 Å². The summed E-state index contributed by atoms with van der Waals surface area (Å²) in [6.45, 7) is 7.13.